The van der Waals surface area contributed by atoms with Gasteiger partial charge in [0, 0.05) is 22.7 Å². The van der Waals surface area contributed by atoms with Crippen LogP contribution < -0.4 is 4.68 Å². The molecule has 0 aliphatic heterocycles. The Labute approximate surface area is 157 Å². The van der Waals surface area contributed by atoms with Crippen molar-refractivity contribution < 1.29 is 4.68 Å². The van der Waals surface area contributed by atoms with Crippen molar-refractivity contribution >= 4 is 29.5 Å². The number of halogens is 1. The molecule has 2 aromatic carbocycles. The fraction of sp³-hybridized carbons (Fsp3) is 0. The molecular formula is C17H12ClN6OS+. The Morgan fingerprint density at radius 1 is 1.08 bits per heavy atom. The molecule has 0 unspecified atom stereocenters. The summed E-state index contributed by atoms with van der Waals surface area (Å²) in [6.07, 6.45) is 3.74. The van der Waals surface area contributed by atoms with Crippen LogP contribution in [0, 0.1) is 9.68 Å². The van der Waals surface area contributed by atoms with Crippen molar-refractivity contribution in [1.29, 1.82) is 0 Å². The third-order valence-electron chi connectivity index (χ3n) is 3.84. The number of nitroso groups, excluding NO2 is 1. The van der Waals surface area contributed by atoms with Crippen molar-refractivity contribution in [1.82, 2.24) is 20.3 Å². The van der Waals surface area contributed by atoms with E-state index in [9.17, 15) is 4.91 Å². The topological polar surface area (TPSA) is 93.6 Å². The van der Waals surface area contributed by atoms with Gasteiger partial charge in [-0.1, -0.05) is 22.3 Å². The van der Waals surface area contributed by atoms with Gasteiger partial charge in [-0.05, 0) is 47.2 Å². The lowest BCUT2D eigenvalue weighted by Gasteiger charge is -2.01. The van der Waals surface area contributed by atoms with E-state index in [0.717, 1.165) is 16.8 Å². The molecule has 0 fully saturated rings. The van der Waals surface area contributed by atoms with Crippen LogP contribution in [-0.4, -0.2) is 20.3 Å². The third-order valence-corrected chi connectivity index (χ3v) is 4.27. The fourth-order valence-electron chi connectivity index (χ4n) is 2.66. The van der Waals surface area contributed by atoms with Gasteiger partial charge in [-0.25, -0.2) is 0 Å². The number of H-pyrrole nitrogens is 3. The number of hydrogen-bond donors (Lipinski definition) is 3. The van der Waals surface area contributed by atoms with Gasteiger partial charge in [0.25, 0.3) is 0 Å². The Morgan fingerprint density at radius 2 is 1.92 bits per heavy atom. The zero-order valence-corrected chi connectivity index (χ0v) is 14.8. The Morgan fingerprint density at radius 3 is 2.65 bits per heavy atom. The number of hydrogen-bond acceptors (Lipinski definition) is 4. The molecule has 0 saturated heterocycles. The summed E-state index contributed by atoms with van der Waals surface area (Å²) in [4.78, 5) is 15.3. The summed E-state index contributed by atoms with van der Waals surface area (Å²) in [6, 6.07) is 12.7. The van der Waals surface area contributed by atoms with Crippen LogP contribution in [0.2, 0.25) is 5.02 Å². The van der Waals surface area contributed by atoms with Gasteiger partial charge >= 0.3 is 0 Å². The van der Waals surface area contributed by atoms with Gasteiger partial charge in [0.05, 0.1) is 11.8 Å². The van der Waals surface area contributed by atoms with Crippen LogP contribution in [0.1, 0.15) is 0 Å². The van der Waals surface area contributed by atoms with Crippen LogP contribution in [-0.2, 0) is 0 Å². The van der Waals surface area contributed by atoms with E-state index >= 15 is 0 Å². The van der Waals surface area contributed by atoms with E-state index in [-0.39, 0.29) is 0 Å². The monoisotopic (exact) mass is 383 g/mol. The van der Waals surface area contributed by atoms with Gasteiger partial charge in [-0.3, -0.25) is 10.2 Å². The molecule has 7 nitrogen and oxygen atoms in total. The van der Waals surface area contributed by atoms with Gasteiger partial charge in [-0.2, -0.15) is 10.1 Å². The average molecular weight is 384 g/mol. The second-order valence-electron chi connectivity index (χ2n) is 5.58. The number of aromatic nitrogens is 5. The molecule has 0 bridgehead atoms. The van der Waals surface area contributed by atoms with Crippen molar-refractivity contribution in [3.05, 3.63) is 69.6 Å². The van der Waals surface area contributed by atoms with E-state index in [1.165, 1.54) is 0 Å². The van der Waals surface area contributed by atoms with Crippen molar-refractivity contribution in [2.45, 2.75) is 0 Å². The summed E-state index contributed by atoms with van der Waals surface area (Å²) in [5.74, 6) is 0.542. The second-order valence-corrected chi connectivity index (χ2v) is 6.41. The lowest BCUT2D eigenvalue weighted by atomic mass is 10.0. The molecule has 0 aliphatic rings. The first-order chi connectivity index (χ1) is 12.6. The highest BCUT2D eigenvalue weighted by atomic mass is 35.5. The highest BCUT2D eigenvalue weighted by Crippen LogP contribution is 2.29. The quantitative estimate of drug-likeness (QED) is 0.276. The lowest BCUT2D eigenvalue weighted by molar-refractivity contribution is -0.655. The molecule has 26 heavy (non-hydrogen) atoms. The zero-order valence-electron chi connectivity index (χ0n) is 13.2. The zero-order chi connectivity index (χ0) is 18.1. The van der Waals surface area contributed by atoms with Gasteiger partial charge in [0.2, 0.25) is 16.7 Å². The molecule has 128 valence electrons. The van der Waals surface area contributed by atoms with Crippen molar-refractivity contribution in [2.24, 2.45) is 5.18 Å². The molecule has 0 aliphatic carbocycles. The molecule has 4 aromatic rings. The Bertz CT molecular complexity index is 1160. The van der Waals surface area contributed by atoms with Gasteiger partial charge in [0.1, 0.15) is 5.69 Å². The predicted octanol–water partition coefficient (Wildman–Crippen LogP) is 4.46. The van der Waals surface area contributed by atoms with Crippen LogP contribution in [0.15, 0.2) is 60.0 Å². The summed E-state index contributed by atoms with van der Waals surface area (Å²) in [5.41, 5.74) is 3.60. The van der Waals surface area contributed by atoms with E-state index in [1.807, 2.05) is 47.4 Å². The molecule has 0 saturated carbocycles. The molecule has 0 atom stereocenters. The molecule has 0 spiro atoms. The molecule has 3 N–H and O–H groups in total. The maximum Gasteiger partial charge on any atom is 0.237 e. The minimum Gasteiger partial charge on any atom is -0.282 e. The second kappa shape index (κ2) is 6.66. The number of nitrogens with one attached hydrogen (secondary N) is 3. The minimum absolute atomic E-state index is 0.301. The van der Waals surface area contributed by atoms with Crippen molar-refractivity contribution in [3.63, 3.8) is 0 Å². The van der Waals surface area contributed by atoms with Crippen LogP contribution in [0.5, 0.6) is 0 Å². The van der Waals surface area contributed by atoms with E-state index in [2.05, 4.69) is 25.5 Å². The number of benzene rings is 2. The number of nitrogens with zero attached hydrogens (tertiary/aromatic N) is 3. The van der Waals surface area contributed by atoms with E-state index in [1.54, 1.807) is 12.1 Å². The molecular weight excluding hydrogens is 372 g/mol. The summed E-state index contributed by atoms with van der Waals surface area (Å²) < 4.78 is 2.18. The van der Waals surface area contributed by atoms with Crippen LogP contribution >= 0.6 is 23.8 Å². The fourth-order valence-corrected chi connectivity index (χ4v) is 2.99. The summed E-state index contributed by atoms with van der Waals surface area (Å²) in [7, 11) is 0. The predicted molar refractivity (Wildman–Crippen MR) is 101 cm³/mol. The molecule has 2 heterocycles. The minimum atomic E-state index is 0.301. The van der Waals surface area contributed by atoms with Gasteiger partial charge in [-0.15, -0.1) is 4.91 Å². The molecule has 4 rings (SSSR count). The highest BCUT2D eigenvalue weighted by Gasteiger charge is 2.14. The maximum atomic E-state index is 11.1. The molecule has 0 radical (unpaired) electrons. The largest absolute Gasteiger partial charge is 0.282 e. The summed E-state index contributed by atoms with van der Waals surface area (Å²) >= 11 is 11.0. The normalized spacial score (nSPS) is 10.8. The van der Waals surface area contributed by atoms with E-state index < -0.39 is 0 Å². The Balaban J connectivity index is 1.78. The molecule has 0 amide bonds. The van der Waals surface area contributed by atoms with Crippen LogP contribution in [0.3, 0.4) is 0 Å². The average Bonchev–Trinajstić information content (AvgIpc) is 3.30. The lowest BCUT2D eigenvalue weighted by Crippen LogP contribution is -2.31. The van der Waals surface area contributed by atoms with Crippen LogP contribution in [0.25, 0.3) is 28.2 Å². The molecule has 2 aromatic heterocycles. The first-order valence-electron chi connectivity index (χ1n) is 7.62. The standard InChI is InChI=1S/C17H11ClN6OS/c18-13-2-1-3-15(7-13)24-9-12(8-19-24)10-4-11(6-14(5-10)23-25)16-20-17(26)22-21-16/h1-9H,(H2,20,21,22,26)/p+1. The number of rotatable bonds is 4. The SMILES string of the molecule is O=Nc1cc(-c2c[nH][n+](-c3cccc(Cl)c3)c2)cc(-c2nc(=S)[nH][nH]2)c1. The van der Waals surface area contributed by atoms with Gasteiger partial charge in [0.15, 0.2) is 5.82 Å². The summed E-state index contributed by atoms with van der Waals surface area (Å²) in [6.45, 7) is 0. The third kappa shape index (κ3) is 3.19. The first-order valence-corrected chi connectivity index (χ1v) is 8.41. The Hall–Kier alpha value is -3.10. The first kappa shape index (κ1) is 16.4. The smallest absolute Gasteiger partial charge is 0.237 e. The van der Waals surface area contributed by atoms with Crippen LogP contribution in [0.4, 0.5) is 5.69 Å². The highest BCUT2D eigenvalue weighted by molar-refractivity contribution is 7.71. The number of aromatic amines is 3. The molecule has 9 heteroatoms. The van der Waals surface area contributed by atoms with E-state index in [0.29, 0.717) is 26.9 Å². The van der Waals surface area contributed by atoms with E-state index in [4.69, 9.17) is 23.8 Å². The summed E-state index contributed by atoms with van der Waals surface area (Å²) in [5, 5.41) is 12.5. The maximum absolute atomic E-state index is 11.1. The van der Waals surface area contributed by atoms with Gasteiger partial charge < -0.3 is 0 Å². The Kier molecular flexibility index (Phi) is 4.19. The van der Waals surface area contributed by atoms with Crippen molar-refractivity contribution in [2.75, 3.05) is 0 Å². The van der Waals surface area contributed by atoms with Crippen molar-refractivity contribution in [3.8, 4) is 28.2 Å².